The van der Waals surface area contributed by atoms with Crippen LogP contribution in [0.5, 0.6) is 0 Å². The molecule has 0 atom stereocenters. The van der Waals surface area contributed by atoms with Gasteiger partial charge in [0.1, 0.15) is 0 Å². The Hall–Kier alpha value is -1.33. The lowest BCUT2D eigenvalue weighted by Crippen LogP contribution is -2.12. The van der Waals surface area contributed by atoms with Crippen LogP contribution in [0.25, 0.3) is 0 Å². The Balaban J connectivity index is 2.22. The van der Waals surface area contributed by atoms with Crippen molar-refractivity contribution in [1.29, 1.82) is 0 Å². The number of benzene rings is 2. The summed E-state index contributed by atoms with van der Waals surface area (Å²) in [5.41, 5.74) is 7.59. The fourth-order valence-electron chi connectivity index (χ4n) is 1.47. The Bertz CT molecular complexity index is 599. The summed E-state index contributed by atoms with van der Waals surface area (Å²) in [6.07, 6.45) is 0. The number of rotatable bonds is 2. The second kappa shape index (κ2) is 5.54. The molecule has 2 aromatic carbocycles. The molecule has 0 bridgehead atoms. The van der Waals surface area contributed by atoms with E-state index in [1.54, 1.807) is 24.3 Å². The summed E-state index contributed by atoms with van der Waals surface area (Å²) in [6, 6.07) is 12.5. The van der Waals surface area contributed by atoms with Gasteiger partial charge in [-0.25, -0.2) is 0 Å². The third-order valence-corrected chi connectivity index (χ3v) is 3.79. The number of nitrogens with one attached hydrogen (secondary N) is 1. The summed E-state index contributed by atoms with van der Waals surface area (Å²) >= 11 is 6.65. The highest BCUT2D eigenvalue weighted by atomic mass is 79.9. The zero-order chi connectivity index (χ0) is 13.1. The van der Waals surface area contributed by atoms with Crippen molar-refractivity contribution in [3.05, 3.63) is 57.0 Å². The molecule has 0 heterocycles. The first kappa shape index (κ1) is 13.1. The van der Waals surface area contributed by atoms with Crippen molar-refractivity contribution in [3.8, 4) is 0 Å². The molecule has 2 rings (SSSR count). The van der Waals surface area contributed by atoms with Crippen molar-refractivity contribution in [2.24, 2.45) is 0 Å². The smallest absolute Gasteiger partial charge is 0.256 e. The molecule has 92 valence electrons. The van der Waals surface area contributed by atoms with E-state index >= 15 is 0 Å². The van der Waals surface area contributed by atoms with Crippen molar-refractivity contribution in [2.75, 3.05) is 11.1 Å². The van der Waals surface area contributed by atoms with Gasteiger partial charge in [0.05, 0.1) is 5.56 Å². The SMILES string of the molecule is Nc1cc(NC(=O)c2ccccc2Br)ccc1Br. The molecule has 18 heavy (non-hydrogen) atoms. The Morgan fingerprint density at radius 1 is 1.06 bits per heavy atom. The van der Waals surface area contributed by atoms with E-state index in [1.165, 1.54) is 0 Å². The van der Waals surface area contributed by atoms with Gasteiger partial charge in [-0.2, -0.15) is 0 Å². The zero-order valence-corrected chi connectivity index (χ0v) is 12.5. The van der Waals surface area contributed by atoms with E-state index in [0.29, 0.717) is 16.9 Å². The average Bonchev–Trinajstić information content (AvgIpc) is 2.34. The lowest BCUT2D eigenvalue weighted by Gasteiger charge is -2.08. The molecule has 0 radical (unpaired) electrons. The van der Waals surface area contributed by atoms with Crippen LogP contribution < -0.4 is 11.1 Å². The highest BCUT2D eigenvalue weighted by Gasteiger charge is 2.09. The molecule has 0 unspecified atom stereocenters. The van der Waals surface area contributed by atoms with E-state index in [-0.39, 0.29) is 5.91 Å². The van der Waals surface area contributed by atoms with Gasteiger partial charge in [-0.15, -0.1) is 0 Å². The van der Waals surface area contributed by atoms with Crippen molar-refractivity contribution >= 4 is 49.1 Å². The molecule has 0 aromatic heterocycles. The average molecular weight is 370 g/mol. The second-order valence-electron chi connectivity index (χ2n) is 3.67. The molecule has 3 N–H and O–H groups in total. The van der Waals surface area contributed by atoms with Crippen LogP contribution in [0.1, 0.15) is 10.4 Å². The summed E-state index contributed by atoms with van der Waals surface area (Å²) in [7, 11) is 0. The quantitative estimate of drug-likeness (QED) is 0.784. The minimum absolute atomic E-state index is 0.177. The Morgan fingerprint density at radius 3 is 2.44 bits per heavy atom. The van der Waals surface area contributed by atoms with Crippen molar-refractivity contribution in [1.82, 2.24) is 0 Å². The molecule has 2 aromatic rings. The molecule has 0 fully saturated rings. The number of hydrogen-bond donors (Lipinski definition) is 2. The maximum absolute atomic E-state index is 12.0. The summed E-state index contributed by atoms with van der Waals surface area (Å²) in [4.78, 5) is 12.0. The van der Waals surface area contributed by atoms with Crippen LogP contribution in [-0.4, -0.2) is 5.91 Å². The lowest BCUT2D eigenvalue weighted by atomic mass is 10.2. The van der Waals surface area contributed by atoms with Gasteiger partial charge in [-0.3, -0.25) is 4.79 Å². The van der Waals surface area contributed by atoms with Gasteiger partial charge in [0.15, 0.2) is 0 Å². The predicted octanol–water partition coefficient (Wildman–Crippen LogP) is 4.05. The Labute approximate surface area is 122 Å². The van der Waals surface area contributed by atoms with Gasteiger partial charge < -0.3 is 11.1 Å². The van der Waals surface area contributed by atoms with Gasteiger partial charge in [0.2, 0.25) is 0 Å². The van der Waals surface area contributed by atoms with Gasteiger partial charge in [0.25, 0.3) is 5.91 Å². The van der Waals surface area contributed by atoms with Crippen LogP contribution in [0.2, 0.25) is 0 Å². The maximum Gasteiger partial charge on any atom is 0.256 e. The number of carbonyl (C=O) groups is 1. The molecule has 5 heteroatoms. The van der Waals surface area contributed by atoms with Crippen molar-refractivity contribution in [3.63, 3.8) is 0 Å². The molecule has 3 nitrogen and oxygen atoms in total. The first-order valence-corrected chi connectivity index (χ1v) is 6.77. The van der Waals surface area contributed by atoms with Crippen LogP contribution in [0, 0.1) is 0 Å². The first-order valence-electron chi connectivity index (χ1n) is 5.19. The van der Waals surface area contributed by atoms with E-state index < -0.39 is 0 Å². The van der Waals surface area contributed by atoms with Gasteiger partial charge in [-0.05, 0) is 62.2 Å². The normalized spacial score (nSPS) is 10.1. The summed E-state index contributed by atoms with van der Waals surface area (Å²) < 4.78 is 1.56. The molecule has 0 saturated heterocycles. The fourth-order valence-corrected chi connectivity index (χ4v) is 2.18. The number of carbonyl (C=O) groups excluding carboxylic acids is 1. The highest BCUT2D eigenvalue weighted by Crippen LogP contribution is 2.24. The largest absolute Gasteiger partial charge is 0.398 e. The summed E-state index contributed by atoms with van der Waals surface area (Å²) in [5, 5.41) is 2.80. The maximum atomic E-state index is 12.0. The van der Waals surface area contributed by atoms with Crippen LogP contribution in [0.15, 0.2) is 51.4 Å². The minimum Gasteiger partial charge on any atom is -0.398 e. The van der Waals surface area contributed by atoms with Crippen LogP contribution in [0.3, 0.4) is 0 Å². The van der Waals surface area contributed by atoms with E-state index in [2.05, 4.69) is 37.2 Å². The molecular weight excluding hydrogens is 360 g/mol. The molecule has 1 amide bonds. The second-order valence-corrected chi connectivity index (χ2v) is 5.38. The number of anilines is 2. The van der Waals surface area contributed by atoms with Crippen molar-refractivity contribution in [2.45, 2.75) is 0 Å². The van der Waals surface area contributed by atoms with Gasteiger partial charge in [0, 0.05) is 20.3 Å². The van der Waals surface area contributed by atoms with Crippen LogP contribution >= 0.6 is 31.9 Å². The van der Waals surface area contributed by atoms with Gasteiger partial charge >= 0.3 is 0 Å². The highest BCUT2D eigenvalue weighted by molar-refractivity contribution is 9.11. The molecular formula is C13H10Br2N2O. The molecule has 0 spiro atoms. The third-order valence-electron chi connectivity index (χ3n) is 2.37. The van der Waals surface area contributed by atoms with Crippen molar-refractivity contribution < 1.29 is 4.79 Å². The Kier molecular flexibility index (Phi) is 4.04. The topological polar surface area (TPSA) is 55.1 Å². The lowest BCUT2D eigenvalue weighted by molar-refractivity contribution is 0.102. The first-order chi connectivity index (χ1) is 8.58. The molecule has 0 aliphatic heterocycles. The number of amides is 1. The van der Waals surface area contributed by atoms with E-state index in [0.717, 1.165) is 8.95 Å². The number of nitrogen functional groups attached to an aromatic ring is 1. The summed E-state index contributed by atoms with van der Waals surface area (Å²) in [6.45, 7) is 0. The number of nitrogens with two attached hydrogens (primary N) is 1. The zero-order valence-electron chi connectivity index (χ0n) is 9.28. The third kappa shape index (κ3) is 2.91. The van der Waals surface area contributed by atoms with Gasteiger partial charge in [-0.1, -0.05) is 12.1 Å². The molecule has 0 aliphatic rings. The monoisotopic (exact) mass is 368 g/mol. The standard InChI is InChI=1S/C13H10Br2N2O/c14-10-4-2-1-3-9(10)13(18)17-8-5-6-11(15)12(16)7-8/h1-7H,16H2,(H,17,18). The Morgan fingerprint density at radius 2 is 1.78 bits per heavy atom. The van der Waals surface area contributed by atoms with E-state index in [1.807, 2.05) is 18.2 Å². The molecule has 0 aliphatic carbocycles. The summed E-state index contributed by atoms with van der Waals surface area (Å²) in [5.74, 6) is -0.177. The van der Waals surface area contributed by atoms with E-state index in [4.69, 9.17) is 5.73 Å². The molecule has 0 saturated carbocycles. The minimum atomic E-state index is -0.177. The van der Waals surface area contributed by atoms with Crippen LogP contribution in [-0.2, 0) is 0 Å². The number of hydrogen-bond acceptors (Lipinski definition) is 2. The van der Waals surface area contributed by atoms with Crippen LogP contribution in [0.4, 0.5) is 11.4 Å². The number of halogens is 2. The fraction of sp³-hybridized carbons (Fsp3) is 0. The van der Waals surface area contributed by atoms with E-state index in [9.17, 15) is 4.79 Å². The predicted molar refractivity (Wildman–Crippen MR) is 80.6 cm³/mol.